The maximum absolute atomic E-state index is 4.48. The van der Waals surface area contributed by atoms with Crippen molar-refractivity contribution in [2.75, 3.05) is 31.6 Å². The highest BCUT2D eigenvalue weighted by atomic mass is 15.2. The predicted molar refractivity (Wildman–Crippen MR) is 77.1 cm³/mol. The number of rotatable bonds is 7. The van der Waals surface area contributed by atoms with Crippen LogP contribution in [0.2, 0.25) is 0 Å². The third-order valence-corrected chi connectivity index (χ3v) is 2.81. The Morgan fingerprint density at radius 1 is 1.33 bits per heavy atom. The monoisotopic (exact) mass is 250 g/mol. The molecular weight excluding hydrogens is 224 g/mol. The first kappa shape index (κ1) is 14.9. The van der Waals surface area contributed by atoms with E-state index in [-0.39, 0.29) is 0 Å². The number of aromatic nitrogens is 2. The molecule has 0 unspecified atom stereocenters. The molecule has 0 saturated heterocycles. The first-order valence-corrected chi connectivity index (χ1v) is 6.79. The molecule has 0 bridgehead atoms. The van der Waals surface area contributed by atoms with Gasteiger partial charge < -0.3 is 10.2 Å². The lowest BCUT2D eigenvalue weighted by atomic mass is 10.2. The van der Waals surface area contributed by atoms with Gasteiger partial charge in [0.25, 0.3) is 0 Å². The molecule has 0 aliphatic rings. The fourth-order valence-corrected chi connectivity index (χ4v) is 1.74. The number of nitrogens with one attached hydrogen (secondary N) is 1. The molecule has 1 N–H and O–H groups in total. The molecule has 0 aliphatic heterocycles. The number of nitrogens with zero attached hydrogens (tertiary/aromatic N) is 3. The maximum Gasteiger partial charge on any atom is 0.132 e. The van der Waals surface area contributed by atoms with Gasteiger partial charge >= 0.3 is 0 Å². The van der Waals surface area contributed by atoms with Crippen molar-refractivity contribution in [3.05, 3.63) is 17.6 Å². The molecule has 0 fully saturated rings. The zero-order valence-corrected chi connectivity index (χ0v) is 12.3. The normalized spacial score (nSPS) is 11.0. The minimum Gasteiger partial charge on any atom is -0.358 e. The van der Waals surface area contributed by atoms with E-state index >= 15 is 0 Å². The van der Waals surface area contributed by atoms with E-state index in [2.05, 4.69) is 54.1 Å². The van der Waals surface area contributed by atoms with Crippen LogP contribution in [0.25, 0.3) is 0 Å². The Morgan fingerprint density at radius 3 is 2.67 bits per heavy atom. The molecule has 1 rings (SSSR count). The molecular formula is C14H26N4. The topological polar surface area (TPSA) is 41.0 Å². The Kier molecular flexibility index (Phi) is 6.05. The number of hydrogen-bond acceptors (Lipinski definition) is 4. The van der Waals surface area contributed by atoms with Crippen molar-refractivity contribution in [3.63, 3.8) is 0 Å². The van der Waals surface area contributed by atoms with Gasteiger partial charge in [0.1, 0.15) is 11.6 Å². The van der Waals surface area contributed by atoms with Gasteiger partial charge in [0.15, 0.2) is 0 Å². The van der Waals surface area contributed by atoms with Crippen LogP contribution in [0.4, 0.5) is 5.82 Å². The largest absolute Gasteiger partial charge is 0.358 e. The van der Waals surface area contributed by atoms with Gasteiger partial charge in [-0.05, 0) is 25.8 Å². The minimum atomic E-state index is 0.697. The lowest BCUT2D eigenvalue weighted by Gasteiger charge is -2.19. The summed E-state index contributed by atoms with van der Waals surface area (Å²) in [5.74, 6) is 2.57. The second-order valence-corrected chi connectivity index (χ2v) is 5.14. The van der Waals surface area contributed by atoms with Gasteiger partial charge in [-0.3, -0.25) is 0 Å². The van der Waals surface area contributed by atoms with Gasteiger partial charge in [0.2, 0.25) is 0 Å². The van der Waals surface area contributed by atoms with Crippen LogP contribution in [0.1, 0.15) is 32.3 Å². The smallest absolute Gasteiger partial charge is 0.132 e. The highest BCUT2D eigenvalue weighted by Gasteiger charge is 2.05. The van der Waals surface area contributed by atoms with Crippen LogP contribution < -0.4 is 10.2 Å². The molecule has 0 aromatic carbocycles. The van der Waals surface area contributed by atoms with Gasteiger partial charge in [0.05, 0.1) is 0 Å². The SMILES string of the molecule is CCc1cc(N(C)CCNCC(C)C)nc(C)n1. The summed E-state index contributed by atoms with van der Waals surface area (Å²) in [6.07, 6.45) is 0.954. The van der Waals surface area contributed by atoms with Gasteiger partial charge in [0, 0.05) is 31.9 Å². The second-order valence-electron chi connectivity index (χ2n) is 5.14. The van der Waals surface area contributed by atoms with Crippen molar-refractivity contribution >= 4 is 5.82 Å². The number of aryl methyl sites for hydroxylation is 2. The first-order valence-electron chi connectivity index (χ1n) is 6.79. The van der Waals surface area contributed by atoms with Crippen molar-refractivity contribution in [3.8, 4) is 0 Å². The van der Waals surface area contributed by atoms with Crippen LogP contribution in [0, 0.1) is 12.8 Å². The third-order valence-electron chi connectivity index (χ3n) is 2.81. The maximum atomic E-state index is 4.48. The molecule has 4 heteroatoms. The summed E-state index contributed by atoms with van der Waals surface area (Å²) >= 11 is 0. The summed E-state index contributed by atoms with van der Waals surface area (Å²) in [6.45, 7) is 11.5. The number of likely N-dealkylation sites (N-methyl/N-ethyl adjacent to an activating group) is 1. The van der Waals surface area contributed by atoms with Crippen LogP contribution in [-0.2, 0) is 6.42 Å². The lowest BCUT2D eigenvalue weighted by Crippen LogP contribution is -2.31. The van der Waals surface area contributed by atoms with Crippen molar-refractivity contribution in [1.82, 2.24) is 15.3 Å². The van der Waals surface area contributed by atoms with E-state index in [1.165, 1.54) is 0 Å². The van der Waals surface area contributed by atoms with Crippen molar-refractivity contribution in [2.24, 2.45) is 5.92 Å². The molecule has 0 spiro atoms. The van der Waals surface area contributed by atoms with Crippen LogP contribution >= 0.6 is 0 Å². The van der Waals surface area contributed by atoms with E-state index in [1.807, 2.05) is 6.92 Å². The molecule has 102 valence electrons. The van der Waals surface area contributed by atoms with E-state index in [9.17, 15) is 0 Å². The van der Waals surface area contributed by atoms with Crippen molar-refractivity contribution < 1.29 is 0 Å². The van der Waals surface area contributed by atoms with Crippen molar-refractivity contribution in [2.45, 2.75) is 34.1 Å². The quantitative estimate of drug-likeness (QED) is 0.752. The zero-order valence-electron chi connectivity index (χ0n) is 12.3. The lowest BCUT2D eigenvalue weighted by molar-refractivity contribution is 0.553. The average molecular weight is 250 g/mol. The molecule has 0 saturated carbocycles. The fraction of sp³-hybridized carbons (Fsp3) is 0.714. The Bertz CT molecular complexity index is 363. The van der Waals surface area contributed by atoms with E-state index in [0.717, 1.165) is 43.4 Å². The highest BCUT2D eigenvalue weighted by molar-refractivity contribution is 5.38. The first-order chi connectivity index (χ1) is 8.52. The summed E-state index contributed by atoms with van der Waals surface area (Å²) in [6, 6.07) is 2.08. The van der Waals surface area contributed by atoms with Crippen LogP contribution in [0.5, 0.6) is 0 Å². The molecule has 0 atom stereocenters. The van der Waals surface area contributed by atoms with Crippen LogP contribution in [0.15, 0.2) is 6.07 Å². The number of anilines is 1. The summed E-state index contributed by atoms with van der Waals surface area (Å²) in [7, 11) is 2.08. The molecule has 0 amide bonds. The Labute approximate surface area is 111 Å². The Hall–Kier alpha value is -1.16. The van der Waals surface area contributed by atoms with Gasteiger partial charge in [-0.25, -0.2) is 9.97 Å². The van der Waals surface area contributed by atoms with E-state index in [0.29, 0.717) is 5.92 Å². The van der Waals surface area contributed by atoms with Crippen LogP contribution in [-0.4, -0.2) is 36.6 Å². The summed E-state index contributed by atoms with van der Waals surface area (Å²) in [5, 5.41) is 3.44. The van der Waals surface area contributed by atoms with Crippen LogP contribution in [0.3, 0.4) is 0 Å². The molecule has 1 heterocycles. The molecule has 0 aliphatic carbocycles. The minimum absolute atomic E-state index is 0.697. The number of hydrogen-bond donors (Lipinski definition) is 1. The summed E-state index contributed by atoms with van der Waals surface area (Å²) < 4.78 is 0. The Balaban J connectivity index is 2.50. The molecule has 18 heavy (non-hydrogen) atoms. The molecule has 4 nitrogen and oxygen atoms in total. The third kappa shape index (κ3) is 5.00. The van der Waals surface area contributed by atoms with E-state index in [4.69, 9.17) is 0 Å². The van der Waals surface area contributed by atoms with Gasteiger partial charge in [-0.2, -0.15) is 0 Å². The summed E-state index contributed by atoms with van der Waals surface area (Å²) in [4.78, 5) is 11.1. The Morgan fingerprint density at radius 2 is 2.06 bits per heavy atom. The molecule has 1 aromatic rings. The average Bonchev–Trinajstić information content (AvgIpc) is 2.33. The van der Waals surface area contributed by atoms with Crippen molar-refractivity contribution in [1.29, 1.82) is 0 Å². The molecule has 1 aromatic heterocycles. The fourth-order valence-electron chi connectivity index (χ4n) is 1.74. The van der Waals surface area contributed by atoms with Gasteiger partial charge in [-0.15, -0.1) is 0 Å². The highest BCUT2D eigenvalue weighted by Crippen LogP contribution is 2.11. The van der Waals surface area contributed by atoms with E-state index < -0.39 is 0 Å². The van der Waals surface area contributed by atoms with E-state index in [1.54, 1.807) is 0 Å². The summed E-state index contributed by atoms with van der Waals surface area (Å²) in [5.41, 5.74) is 1.11. The predicted octanol–water partition coefficient (Wildman–Crippen LogP) is 2.03. The molecule has 0 radical (unpaired) electrons. The zero-order chi connectivity index (χ0) is 13.5. The van der Waals surface area contributed by atoms with Gasteiger partial charge in [-0.1, -0.05) is 20.8 Å². The standard InChI is InChI=1S/C14H26N4/c1-6-13-9-14(17-12(4)16-13)18(5)8-7-15-10-11(2)3/h9,11,15H,6-8,10H2,1-5H3. The second kappa shape index (κ2) is 7.31.